The average Bonchev–Trinajstić information content (AvgIpc) is 2.46. The lowest BCUT2D eigenvalue weighted by atomic mass is 9.77. The SMILES string of the molecule is O=CC1(CC2CCC2)CCCO1. The normalized spacial score (nSPS) is 36.3. The van der Waals surface area contributed by atoms with Crippen LogP contribution in [-0.2, 0) is 9.53 Å². The first-order valence-corrected chi connectivity index (χ1v) is 4.95. The maximum Gasteiger partial charge on any atom is 0.151 e. The van der Waals surface area contributed by atoms with Crippen molar-refractivity contribution in [1.82, 2.24) is 0 Å². The molecule has 1 saturated heterocycles. The van der Waals surface area contributed by atoms with Crippen LogP contribution in [-0.4, -0.2) is 18.5 Å². The third-order valence-corrected chi connectivity index (χ3v) is 3.21. The number of carbonyl (C=O) groups excluding carboxylic acids is 1. The zero-order valence-corrected chi connectivity index (χ0v) is 7.42. The molecule has 2 aliphatic rings. The van der Waals surface area contributed by atoms with Gasteiger partial charge in [-0.1, -0.05) is 19.3 Å². The molecular weight excluding hydrogens is 152 g/mol. The van der Waals surface area contributed by atoms with Gasteiger partial charge in [-0.3, -0.25) is 0 Å². The first-order valence-electron chi connectivity index (χ1n) is 4.95. The Morgan fingerprint density at radius 1 is 1.42 bits per heavy atom. The first kappa shape index (κ1) is 8.24. The molecule has 0 N–H and O–H groups in total. The Morgan fingerprint density at radius 2 is 2.25 bits per heavy atom. The van der Waals surface area contributed by atoms with Crippen molar-refractivity contribution in [2.45, 2.75) is 44.1 Å². The lowest BCUT2D eigenvalue weighted by molar-refractivity contribution is -0.128. The largest absolute Gasteiger partial charge is 0.368 e. The van der Waals surface area contributed by atoms with Gasteiger partial charge in [-0.25, -0.2) is 0 Å². The monoisotopic (exact) mass is 168 g/mol. The van der Waals surface area contributed by atoms with Gasteiger partial charge in [0.05, 0.1) is 0 Å². The fraction of sp³-hybridized carbons (Fsp3) is 0.900. The maximum absolute atomic E-state index is 10.9. The molecule has 2 rings (SSSR count). The second-order valence-corrected chi connectivity index (χ2v) is 4.14. The number of ether oxygens (including phenoxy) is 1. The molecule has 0 aromatic heterocycles. The summed E-state index contributed by atoms with van der Waals surface area (Å²) < 4.78 is 5.53. The van der Waals surface area contributed by atoms with Crippen LogP contribution in [0.25, 0.3) is 0 Å². The van der Waals surface area contributed by atoms with Crippen molar-refractivity contribution in [3.8, 4) is 0 Å². The summed E-state index contributed by atoms with van der Waals surface area (Å²) in [6.07, 6.45) is 7.99. The van der Waals surface area contributed by atoms with Crippen molar-refractivity contribution < 1.29 is 9.53 Å². The second kappa shape index (κ2) is 3.17. The molecule has 1 aliphatic heterocycles. The predicted molar refractivity (Wildman–Crippen MR) is 45.9 cm³/mol. The summed E-state index contributed by atoms with van der Waals surface area (Å²) >= 11 is 0. The summed E-state index contributed by atoms with van der Waals surface area (Å²) in [5.74, 6) is 0.772. The van der Waals surface area contributed by atoms with Crippen molar-refractivity contribution >= 4 is 6.29 Å². The van der Waals surface area contributed by atoms with E-state index in [0.29, 0.717) is 0 Å². The molecule has 0 aromatic rings. The van der Waals surface area contributed by atoms with Gasteiger partial charge in [0.15, 0.2) is 6.29 Å². The van der Waals surface area contributed by atoms with Gasteiger partial charge in [0.2, 0.25) is 0 Å². The quantitative estimate of drug-likeness (QED) is 0.602. The highest BCUT2D eigenvalue weighted by Gasteiger charge is 2.38. The topological polar surface area (TPSA) is 26.3 Å². The summed E-state index contributed by atoms with van der Waals surface area (Å²) in [7, 11) is 0. The lowest BCUT2D eigenvalue weighted by Crippen LogP contribution is -2.34. The van der Waals surface area contributed by atoms with Crippen LogP contribution in [0.1, 0.15) is 38.5 Å². The summed E-state index contributed by atoms with van der Waals surface area (Å²) in [5, 5.41) is 0. The number of carbonyl (C=O) groups is 1. The van der Waals surface area contributed by atoms with E-state index in [2.05, 4.69) is 0 Å². The Bertz CT molecular complexity index is 167. The molecular formula is C10H16O2. The third kappa shape index (κ3) is 1.40. The van der Waals surface area contributed by atoms with E-state index in [4.69, 9.17) is 4.74 Å². The minimum Gasteiger partial charge on any atom is -0.368 e. The van der Waals surface area contributed by atoms with Crippen LogP contribution in [0.15, 0.2) is 0 Å². The minimum atomic E-state index is -0.370. The van der Waals surface area contributed by atoms with Crippen molar-refractivity contribution in [2.75, 3.05) is 6.61 Å². The second-order valence-electron chi connectivity index (χ2n) is 4.14. The Hall–Kier alpha value is -0.370. The van der Waals surface area contributed by atoms with Crippen molar-refractivity contribution in [2.24, 2.45) is 5.92 Å². The molecule has 0 amide bonds. The molecule has 1 heterocycles. The van der Waals surface area contributed by atoms with Gasteiger partial charge in [0.25, 0.3) is 0 Å². The molecule has 2 heteroatoms. The Labute approximate surface area is 73.3 Å². The zero-order valence-electron chi connectivity index (χ0n) is 7.42. The van der Waals surface area contributed by atoms with Gasteiger partial charge in [-0.2, -0.15) is 0 Å². The fourth-order valence-electron chi connectivity index (χ4n) is 2.21. The van der Waals surface area contributed by atoms with Crippen molar-refractivity contribution in [3.63, 3.8) is 0 Å². The van der Waals surface area contributed by atoms with Gasteiger partial charge < -0.3 is 9.53 Å². The lowest BCUT2D eigenvalue weighted by Gasteiger charge is -2.32. The highest BCUT2D eigenvalue weighted by molar-refractivity contribution is 5.63. The Morgan fingerprint density at radius 3 is 2.67 bits per heavy atom. The summed E-state index contributed by atoms with van der Waals surface area (Å²) in [6, 6.07) is 0. The molecule has 12 heavy (non-hydrogen) atoms. The predicted octanol–water partition coefficient (Wildman–Crippen LogP) is 1.92. The molecule has 0 bridgehead atoms. The van der Waals surface area contributed by atoms with Crippen LogP contribution in [0.4, 0.5) is 0 Å². The first-order chi connectivity index (χ1) is 5.85. The fourth-order valence-corrected chi connectivity index (χ4v) is 2.21. The summed E-state index contributed by atoms with van der Waals surface area (Å²) in [4.78, 5) is 10.9. The van der Waals surface area contributed by atoms with E-state index in [1.807, 2.05) is 0 Å². The molecule has 0 aromatic carbocycles. The summed E-state index contributed by atoms with van der Waals surface area (Å²) in [5.41, 5.74) is -0.370. The van der Waals surface area contributed by atoms with E-state index >= 15 is 0 Å². The van der Waals surface area contributed by atoms with E-state index in [1.165, 1.54) is 19.3 Å². The number of hydrogen-bond acceptors (Lipinski definition) is 2. The molecule has 0 radical (unpaired) electrons. The Kier molecular flexibility index (Phi) is 2.18. The van der Waals surface area contributed by atoms with E-state index < -0.39 is 0 Å². The van der Waals surface area contributed by atoms with Crippen LogP contribution >= 0.6 is 0 Å². The van der Waals surface area contributed by atoms with E-state index in [0.717, 1.165) is 38.1 Å². The standard InChI is InChI=1S/C10H16O2/c11-8-10(5-2-6-12-10)7-9-3-1-4-9/h8-9H,1-7H2. The smallest absolute Gasteiger partial charge is 0.151 e. The molecule has 1 saturated carbocycles. The molecule has 0 spiro atoms. The van der Waals surface area contributed by atoms with Crippen molar-refractivity contribution in [1.29, 1.82) is 0 Å². The molecule has 1 unspecified atom stereocenters. The molecule has 2 nitrogen and oxygen atoms in total. The maximum atomic E-state index is 10.9. The van der Waals surface area contributed by atoms with Gasteiger partial charge in [0, 0.05) is 6.61 Å². The highest BCUT2D eigenvalue weighted by Crippen LogP contribution is 2.38. The van der Waals surface area contributed by atoms with E-state index in [1.54, 1.807) is 0 Å². The number of hydrogen-bond donors (Lipinski definition) is 0. The molecule has 1 aliphatic carbocycles. The average molecular weight is 168 g/mol. The molecule has 1 atom stereocenters. The minimum absolute atomic E-state index is 0.370. The molecule has 2 fully saturated rings. The van der Waals surface area contributed by atoms with Crippen LogP contribution in [0.5, 0.6) is 0 Å². The van der Waals surface area contributed by atoms with Crippen LogP contribution in [0, 0.1) is 5.92 Å². The van der Waals surface area contributed by atoms with Crippen molar-refractivity contribution in [3.05, 3.63) is 0 Å². The summed E-state index contributed by atoms with van der Waals surface area (Å²) in [6.45, 7) is 0.783. The highest BCUT2D eigenvalue weighted by atomic mass is 16.5. The third-order valence-electron chi connectivity index (χ3n) is 3.21. The van der Waals surface area contributed by atoms with Crippen LogP contribution < -0.4 is 0 Å². The number of rotatable bonds is 3. The molecule has 68 valence electrons. The van der Waals surface area contributed by atoms with Crippen LogP contribution in [0.3, 0.4) is 0 Å². The van der Waals surface area contributed by atoms with Gasteiger partial charge in [0.1, 0.15) is 5.60 Å². The van der Waals surface area contributed by atoms with Gasteiger partial charge >= 0.3 is 0 Å². The van der Waals surface area contributed by atoms with Crippen LogP contribution in [0.2, 0.25) is 0 Å². The zero-order chi connectivity index (χ0) is 8.44. The van der Waals surface area contributed by atoms with Gasteiger partial charge in [-0.15, -0.1) is 0 Å². The van der Waals surface area contributed by atoms with Gasteiger partial charge in [-0.05, 0) is 25.2 Å². The number of aldehydes is 1. The Balaban J connectivity index is 1.91. The van der Waals surface area contributed by atoms with E-state index in [9.17, 15) is 4.79 Å². The van der Waals surface area contributed by atoms with E-state index in [-0.39, 0.29) is 5.60 Å².